The SMILES string of the molecule is [C-]#[N+]/C(=C\P1(=O)Oc2ccccc2-c2cc(Br)cc(Br)c21)c1ccc(-c2ccc(/C=C(\C#N)P3(=O)Oc4ccccc4-c4cc(Br)cc(Br)c43)cc2C)c(C)c1. The minimum absolute atomic E-state index is 0.0223. The Labute approximate surface area is 358 Å². The van der Waals surface area contributed by atoms with Gasteiger partial charge >= 0.3 is 7.37 Å². The summed E-state index contributed by atoms with van der Waals surface area (Å²) in [6.07, 6.45) is 1.63. The summed E-state index contributed by atoms with van der Waals surface area (Å²) in [5.74, 6) is 2.41. The molecule has 0 saturated heterocycles. The molecule has 6 nitrogen and oxygen atoms in total. The van der Waals surface area contributed by atoms with Crippen LogP contribution in [0.15, 0.2) is 138 Å². The maximum atomic E-state index is 14.9. The van der Waals surface area contributed by atoms with Gasteiger partial charge in [-0.25, -0.2) is 4.85 Å². The largest absolute Gasteiger partial charge is 0.437 e. The molecule has 6 aromatic carbocycles. The van der Waals surface area contributed by atoms with Crippen molar-refractivity contribution in [3.63, 3.8) is 0 Å². The molecule has 0 fully saturated rings. The highest BCUT2D eigenvalue weighted by molar-refractivity contribution is 9.11. The Bertz CT molecular complexity index is 2950. The molecule has 0 N–H and O–H groups in total. The molecule has 0 amide bonds. The van der Waals surface area contributed by atoms with Crippen molar-refractivity contribution in [3.05, 3.63) is 172 Å². The number of rotatable bonds is 5. The Morgan fingerprint density at radius 1 is 0.679 bits per heavy atom. The number of fused-ring (bicyclic) bond motifs is 6. The molecule has 0 aliphatic carbocycles. The molecule has 0 saturated carbocycles. The maximum absolute atomic E-state index is 14.9. The van der Waals surface area contributed by atoms with Crippen LogP contribution in [0.1, 0.15) is 22.3 Å². The normalized spacial score (nSPS) is 18.2. The molecule has 0 radical (unpaired) electrons. The fourth-order valence-electron chi connectivity index (χ4n) is 7.21. The first-order chi connectivity index (χ1) is 26.8. The molecule has 12 heteroatoms. The van der Waals surface area contributed by atoms with Gasteiger partial charge in [-0.3, -0.25) is 9.13 Å². The molecule has 6 aromatic rings. The lowest BCUT2D eigenvalue weighted by molar-refractivity contribution is 0.498. The van der Waals surface area contributed by atoms with Crippen molar-refractivity contribution in [1.82, 2.24) is 0 Å². The number of aryl methyl sites for hydroxylation is 2. The summed E-state index contributed by atoms with van der Waals surface area (Å²) < 4.78 is 45.0. The van der Waals surface area contributed by atoms with Crippen molar-refractivity contribution < 1.29 is 18.2 Å². The van der Waals surface area contributed by atoms with Crippen molar-refractivity contribution in [2.45, 2.75) is 13.8 Å². The summed E-state index contributed by atoms with van der Waals surface area (Å²) in [6, 6.07) is 36.0. The summed E-state index contributed by atoms with van der Waals surface area (Å²) in [6.45, 7) is 12.1. The van der Waals surface area contributed by atoms with Crippen LogP contribution >= 0.6 is 78.5 Å². The van der Waals surface area contributed by atoms with Gasteiger partial charge in [0, 0.05) is 46.0 Å². The number of allylic oxidation sites excluding steroid dienone is 1. The number of benzene rings is 6. The first-order valence-corrected chi connectivity index (χ1v) is 23.5. The number of nitriles is 1. The van der Waals surface area contributed by atoms with Crippen LogP contribution in [0.3, 0.4) is 0 Å². The lowest BCUT2D eigenvalue weighted by Crippen LogP contribution is -2.20. The van der Waals surface area contributed by atoms with Crippen molar-refractivity contribution in [2.24, 2.45) is 0 Å². The molecule has 2 aliphatic rings. The van der Waals surface area contributed by atoms with Crippen LogP contribution in [0.4, 0.5) is 0 Å². The third-order valence-corrected chi connectivity index (χ3v) is 17.0. The van der Waals surface area contributed by atoms with Gasteiger partial charge in [0.15, 0.2) is 0 Å². The Kier molecular flexibility index (Phi) is 10.3. The predicted octanol–water partition coefficient (Wildman–Crippen LogP) is 14.4. The Balaban J connectivity index is 1.14. The van der Waals surface area contributed by atoms with Crippen LogP contribution in [0.2, 0.25) is 0 Å². The van der Waals surface area contributed by atoms with E-state index in [2.05, 4.69) is 74.6 Å². The molecular weight excluding hydrogens is 1000 g/mol. The molecule has 2 heterocycles. The number of hydrogen-bond acceptors (Lipinski definition) is 5. The molecule has 0 bridgehead atoms. The Morgan fingerprint density at radius 3 is 1.82 bits per heavy atom. The summed E-state index contributed by atoms with van der Waals surface area (Å²) in [5.41, 5.74) is 8.38. The lowest BCUT2D eigenvalue weighted by Gasteiger charge is -2.29. The summed E-state index contributed by atoms with van der Waals surface area (Å²) in [4.78, 5) is 3.83. The quantitative estimate of drug-likeness (QED) is 0.0976. The van der Waals surface area contributed by atoms with E-state index in [0.717, 1.165) is 53.5 Å². The van der Waals surface area contributed by atoms with E-state index in [9.17, 15) is 14.4 Å². The second-order valence-electron chi connectivity index (χ2n) is 13.3. The Hall–Kier alpha value is -4.24. The van der Waals surface area contributed by atoms with E-state index in [1.54, 1.807) is 18.2 Å². The average molecular weight is 1030 g/mol. The third-order valence-electron chi connectivity index (χ3n) is 9.69. The highest BCUT2D eigenvalue weighted by Gasteiger charge is 2.42. The summed E-state index contributed by atoms with van der Waals surface area (Å²) >= 11 is 14.3. The third kappa shape index (κ3) is 6.71. The zero-order valence-electron chi connectivity index (χ0n) is 29.5. The lowest BCUT2D eigenvalue weighted by atomic mass is 9.93. The minimum atomic E-state index is -3.87. The van der Waals surface area contributed by atoms with E-state index < -0.39 is 14.7 Å². The van der Waals surface area contributed by atoms with Crippen molar-refractivity contribution in [2.75, 3.05) is 0 Å². The smallest absolute Gasteiger partial charge is 0.318 e. The molecular formula is C44H26Br4N2O4P2. The van der Waals surface area contributed by atoms with Gasteiger partial charge in [0.2, 0.25) is 5.70 Å². The number of para-hydroxylation sites is 2. The van der Waals surface area contributed by atoms with E-state index in [4.69, 9.17) is 15.6 Å². The van der Waals surface area contributed by atoms with Gasteiger partial charge in [0.05, 0.1) is 17.2 Å². The van der Waals surface area contributed by atoms with Gasteiger partial charge in [0.1, 0.15) is 22.9 Å². The number of nitrogens with zero attached hydrogens (tertiary/aromatic N) is 2. The molecule has 2 atom stereocenters. The van der Waals surface area contributed by atoms with E-state index in [1.165, 1.54) is 5.82 Å². The molecule has 8 rings (SSSR count). The monoisotopic (exact) mass is 1020 g/mol. The van der Waals surface area contributed by atoms with Crippen LogP contribution < -0.4 is 19.7 Å². The van der Waals surface area contributed by atoms with E-state index in [0.29, 0.717) is 42.2 Å². The van der Waals surface area contributed by atoms with E-state index in [-0.39, 0.29) is 11.0 Å². The molecule has 274 valence electrons. The van der Waals surface area contributed by atoms with E-state index >= 15 is 0 Å². The maximum Gasteiger partial charge on any atom is 0.318 e. The average Bonchev–Trinajstić information content (AvgIpc) is 3.15. The summed E-state index contributed by atoms with van der Waals surface area (Å²) in [5, 5.41) is 11.4. The minimum Gasteiger partial charge on any atom is -0.437 e. The zero-order valence-corrected chi connectivity index (χ0v) is 37.6. The molecule has 0 aromatic heterocycles. The second-order valence-corrected chi connectivity index (χ2v) is 21.1. The highest BCUT2D eigenvalue weighted by atomic mass is 79.9. The van der Waals surface area contributed by atoms with Crippen LogP contribution in [0.25, 0.3) is 50.0 Å². The first kappa shape index (κ1) is 38.6. The molecule has 2 unspecified atom stereocenters. The van der Waals surface area contributed by atoms with Gasteiger partial charge in [-0.15, -0.1) is 0 Å². The van der Waals surface area contributed by atoms with Crippen LogP contribution in [0.5, 0.6) is 11.5 Å². The van der Waals surface area contributed by atoms with Crippen molar-refractivity contribution in [3.8, 4) is 50.9 Å². The van der Waals surface area contributed by atoms with Gasteiger partial charge in [-0.05, 0) is 122 Å². The fraction of sp³-hybridized carbons (Fsp3) is 0.0455. The van der Waals surface area contributed by atoms with Crippen LogP contribution in [-0.4, -0.2) is 0 Å². The molecule has 0 spiro atoms. The second kappa shape index (κ2) is 14.9. The summed E-state index contributed by atoms with van der Waals surface area (Å²) in [7, 11) is -7.57. The fourth-order valence-corrected chi connectivity index (χ4v) is 15.4. The topological polar surface area (TPSA) is 80.8 Å². The van der Waals surface area contributed by atoms with Gasteiger partial charge in [-0.2, -0.15) is 5.26 Å². The zero-order chi connectivity index (χ0) is 39.5. The van der Waals surface area contributed by atoms with Gasteiger partial charge < -0.3 is 9.05 Å². The molecule has 56 heavy (non-hydrogen) atoms. The highest BCUT2D eigenvalue weighted by Crippen LogP contribution is 2.62. The molecule has 2 aliphatic heterocycles. The standard InChI is InChI=1S/C44H26Br4N2O4P2/c1-25-16-27(18-31(23-49)56(52)44-37(20-30(46)22-39(44)48)35-9-5-7-11-42(35)54-56)12-14-32(25)33-15-13-28(17-26(33)2)40(50-3)24-55(51)43-36(19-29(45)21-38(43)47)34-8-4-6-10-41(34)53-55/h4-22,24H,1-2H3/b31-18+,40-24-. The van der Waals surface area contributed by atoms with Gasteiger partial charge in [0.25, 0.3) is 7.37 Å². The van der Waals surface area contributed by atoms with Crippen LogP contribution in [0, 0.1) is 31.8 Å². The van der Waals surface area contributed by atoms with Crippen molar-refractivity contribution in [1.29, 1.82) is 5.26 Å². The van der Waals surface area contributed by atoms with Crippen LogP contribution in [-0.2, 0) is 9.13 Å². The number of halogens is 4. The predicted molar refractivity (Wildman–Crippen MR) is 240 cm³/mol. The first-order valence-electron chi connectivity index (χ1n) is 17.1. The Morgan fingerprint density at radius 2 is 1.23 bits per heavy atom. The van der Waals surface area contributed by atoms with Crippen molar-refractivity contribution >= 4 is 101 Å². The van der Waals surface area contributed by atoms with E-state index in [1.807, 2.05) is 111 Å². The van der Waals surface area contributed by atoms with Gasteiger partial charge in [-0.1, -0.05) is 105 Å². The number of hydrogen-bond donors (Lipinski definition) is 0.